The molecule has 1 aromatic rings. The Hall–Kier alpha value is -2.48. The smallest absolute Gasteiger partial charge is 0.234 e. The van der Waals surface area contributed by atoms with E-state index in [-0.39, 0.29) is 29.7 Å². The summed E-state index contributed by atoms with van der Waals surface area (Å²) in [6.45, 7) is 3.59. The molecule has 3 fully saturated rings. The van der Waals surface area contributed by atoms with Gasteiger partial charge in [-0.2, -0.15) is 0 Å². The molecule has 1 atom stereocenters. The Morgan fingerprint density at radius 1 is 1.10 bits per heavy atom. The Kier molecular flexibility index (Phi) is 6.32. The van der Waals surface area contributed by atoms with Crippen molar-refractivity contribution in [2.24, 2.45) is 5.92 Å². The van der Waals surface area contributed by atoms with Crippen LogP contribution in [0.3, 0.4) is 0 Å². The van der Waals surface area contributed by atoms with Crippen LogP contribution in [0, 0.1) is 5.92 Å². The summed E-state index contributed by atoms with van der Waals surface area (Å²) in [6.07, 6.45) is 6.41. The number of pyridine rings is 1. The van der Waals surface area contributed by atoms with Crippen LogP contribution in [0.15, 0.2) is 18.3 Å². The lowest BCUT2D eigenvalue weighted by Crippen LogP contribution is -2.48. The van der Waals surface area contributed by atoms with Crippen molar-refractivity contribution < 1.29 is 14.4 Å². The van der Waals surface area contributed by atoms with E-state index in [1.54, 1.807) is 6.20 Å². The van der Waals surface area contributed by atoms with E-state index >= 15 is 0 Å². The van der Waals surface area contributed by atoms with Gasteiger partial charge in [0.2, 0.25) is 17.7 Å². The Morgan fingerprint density at radius 2 is 1.83 bits per heavy atom. The molecular formula is C22H31N5O3. The van der Waals surface area contributed by atoms with E-state index < -0.39 is 0 Å². The van der Waals surface area contributed by atoms with Crippen LogP contribution < -0.4 is 15.5 Å². The summed E-state index contributed by atoms with van der Waals surface area (Å²) in [5.41, 5.74) is 0.853. The molecule has 4 rings (SSSR count). The zero-order chi connectivity index (χ0) is 21.1. The predicted octanol–water partition coefficient (Wildman–Crippen LogP) is 1.03. The number of piperidine rings is 3. The minimum absolute atomic E-state index is 0.163. The summed E-state index contributed by atoms with van der Waals surface area (Å²) >= 11 is 0. The van der Waals surface area contributed by atoms with Gasteiger partial charge < -0.3 is 15.1 Å². The SMILES string of the molecule is CN(C(=O)C1CCNCC1)C1CCN(c2ccc([C@@H]3CCC(=O)NC3=O)cn2)CC1. The fourth-order valence-corrected chi connectivity index (χ4v) is 4.82. The molecule has 3 saturated heterocycles. The predicted molar refractivity (Wildman–Crippen MR) is 113 cm³/mol. The molecule has 8 nitrogen and oxygen atoms in total. The molecule has 162 valence electrons. The van der Waals surface area contributed by atoms with Crippen LogP contribution in [0.5, 0.6) is 0 Å². The van der Waals surface area contributed by atoms with Gasteiger partial charge in [-0.1, -0.05) is 6.07 Å². The van der Waals surface area contributed by atoms with Crippen LogP contribution in [0.25, 0.3) is 0 Å². The lowest BCUT2D eigenvalue weighted by Gasteiger charge is -2.39. The third-order valence-electron chi connectivity index (χ3n) is 6.78. The molecule has 3 amide bonds. The number of imide groups is 1. The maximum absolute atomic E-state index is 12.8. The van der Waals surface area contributed by atoms with Gasteiger partial charge in [0.1, 0.15) is 5.82 Å². The summed E-state index contributed by atoms with van der Waals surface area (Å²) in [4.78, 5) is 45.0. The van der Waals surface area contributed by atoms with E-state index in [0.29, 0.717) is 18.7 Å². The summed E-state index contributed by atoms with van der Waals surface area (Å²) in [5.74, 6) is 0.620. The molecule has 3 aliphatic rings. The molecule has 0 bridgehead atoms. The standard InChI is InChI=1S/C22H31N5O3/c1-26(22(30)15-6-10-23-11-7-15)17-8-12-27(13-9-17)19-4-2-16(14-24-19)18-3-5-20(28)25-21(18)29/h2,4,14-15,17-18,23H,3,5-13H2,1H3,(H,25,28,29)/t18-/m0/s1. The zero-order valence-corrected chi connectivity index (χ0v) is 17.6. The Labute approximate surface area is 177 Å². The van der Waals surface area contributed by atoms with E-state index in [0.717, 1.165) is 63.2 Å². The molecule has 1 aromatic heterocycles. The average molecular weight is 414 g/mol. The first-order chi connectivity index (χ1) is 14.5. The van der Waals surface area contributed by atoms with E-state index in [1.807, 2.05) is 24.1 Å². The molecule has 4 heterocycles. The highest BCUT2D eigenvalue weighted by atomic mass is 16.2. The van der Waals surface area contributed by atoms with Crippen LogP contribution in [-0.4, -0.2) is 66.9 Å². The first-order valence-electron chi connectivity index (χ1n) is 11.0. The van der Waals surface area contributed by atoms with Crippen LogP contribution in [0.1, 0.15) is 50.0 Å². The topological polar surface area (TPSA) is 94.6 Å². The quantitative estimate of drug-likeness (QED) is 0.716. The van der Waals surface area contributed by atoms with Gasteiger partial charge in [-0.15, -0.1) is 0 Å². The van der Waals surface area contributed by atoms with Gasteiger partial charge in [-0.3, -0.25) is 19.7 Å². The van der Waals surface area contributed by atoms with Crippen molar-refractivity contribution in [1.29, 1.82) is 0 Å². The van der Waals surface area contributed by atoms with Crippen LogP contribution in [0.4, 0.5) is 5.82 Å². The molecule has 0 spiro atoms. The van der Waals surface area contributed by atoms with Crippen molar-refractivity contribution in [3.05, 3.63) is 23.9 Å². The molecule has 8 heteroatoms. The molecule has 0 radical (unpaired) electrons. The van der Waals surface area contributed by atoms with Crippen molar-refractivity contribution in [3.8, 4) is 0 Å². The largest absolute Gasteiger partial charge is 0.356 e. The minimum atomic E-state index is -0.301. The number of amides is 3. The van der Waals surface area contributed by atoms with Crippen molar-refractivity contribution in [2.45, 2.75) is 50.5 Å². The maximum atomic E-state index is 12.8. The number of aromatic nitrogens is 1. The number of carbonyl (C=O) groups is 3. The van der Waals surface area contributed by atoms with Crippen LogP contribution >= 0.6 is 0 Å². The monoisotopic (exact) mass is 413 g/mol. The molecular weight excluding hydrogens is 382 g/mol. The molecule has 2 N–H and O–H groups in total. The van der Waals surface area contributed by atoms with Gasteiger partial charge in [0.25, 0.3) is 0 Å². The molecule has 3 aliphatic heterocycles. The number of hydrogen-bond acceptors (Lipinski definition) is 6. The van der Waals surface area contributed by atoms with Gasteiger partial charge in [0.05, 0.1) is 5.92 Å². The summed E-state index contributed by atoms with van der Waals surface area (Å²) in [7, 11) is 1.96. The highest BCUT2D eigenvalue weighted by molar-refractivity contribution is 6.00. The van der Waals surface area contributed by atoms with Crippen molar-refractivity contribution in [3.63, 3.8) is 0 Å². The van der Waals surface area contributed by atoms with E-state index in [9.17, 15) is 14.4 Å². The number of hydrogen-bond donors (Lipinski definition) is 2. The van der Waals surface area contributed by atoms with Gasteiger partial charge in [-0.25, -0.2) is 4.98 Å². The second-order valence-electron chi connectivity index (χ2n) is 8.65. The summed E-state index contributed by atoms with van der Waals surface area (Å²) in [6, 6.07) is 4.19. The molecule has 0 aliphatic carbocycles. The lowest BCUT2D eigenvalue weighted by atomic mass is 9.91. The third kappa shape index (κ3) is 4.48. The second-order valence-corrected chi connectivity index (χ2v) is 8.65. The number of nitrogens with zero attached hydrogens (tertiary/aromatic N) is 3. The number of nitrogens with one attached hydrogen (secondary N) is 2. The van der Waals surface area contributed by atoms with Gasteiger partial charge >= 0.3 is 0 Å². The Balaban J connectivity index is 1.31. The second kappa shape index (κ2) is 9.12. The molecule has 30 heavy (non-hydrogen) atoms. The molecule has 0 saturated carbocycles. The fraction of sp³-hybridized carbons (Fsp3) is 0.636. The maximum Gasteiger partial charge on any atom is 0.234 e. The van der Waals surface area contributed by atoms with Crippen molar-refractivity contribution >= 4 is 23.5 Å². The normalized spacial score (nSPS) is 23.9. The lowest BCUT2D eigenvalue weighted by molar-refractivity contribution is -0.137. The minimum Gasteiger partial charge on any atom is -0.356 e. The average Bonchev–Trinajstić information content (AvgIpc) is 2.79. The van der Waals surface area contributed by atoms with Crippen molar-refractivity contribution in [2.75, 3.05) is 38.1 Å². The van der Waals surface area contributed by atoms with E-state index in [4.69, 9.17) is 0 Å². The highest BCUT2D eigenvalue weighted by Crippen LogP contribution is 2.27. The summed E-state index contributed by atoms with van der Waals surface area (Å²) < 4.78 is 0. The van der Waals surface area contributed by atoms with Crippen molar-refractivity contribution in [1.82, 2.24) is 20.5 Å². The number of rotatable bonds is 4. The highest BCUT2D eigenvalue weighted by Gasteiger charge is 2.31. The third-order valence-corrected chi connectivity index (χ3v) is 6.78. The Bertz CT molecular complexity index is 782. The van der Waals surface area contributed by atoms with Gasteiger partial charge in [0, 0.05) is 44.7 Å². The van der Waals surface area contributed by atoms with Gasteiger partial charge in [-0.05, 0) is 56.8 Å². The molecule has 0 aromatic carbocycles. The van der Waals surface area contributed by atoms with Crippen LogP contribution in [-0.2, 0) is 14.4 Å². The first kappa shape index (κ1) is 20.8. The van der Waals surface area contributed by atoms with Gasteiger partial charge in [0.15, 0.2) is 0 Å². The Morgan fingerprint density at radius 3 is 2.47 bits per heavy atom. The number of anilines is 1. The first-order valence-corrected chi connectivity index (χ1v) is 11.0. The molecule has 0 unspecified atom stereocenters. The van der Waals surface area contributed by atoms with Crippen LogP contribution in [0.2, 0.25) is 0 Å². The fourth-order valence-electron chi connectivity index (χ4n) is 4.82. The van der Waals surface area contributed by atoms with E-state index in [2.05, 4.69) is 20.5 Å². The summed E-state index contributed by atoms with van der Waals surface area (Å²) in [5, 5.41) is 5.72. The van der Waals surface area contributed by atoms with E-state index in [1.165, 1.54) is 0 Å². The number of carbonyl (C=O) groups excluding carboxylic acids is 3. The zero-order valence-electron chi connectivity index (χ0n) is 17.6.